The Balaban J connectivity index is 1.52. The van der Waals surface area contributed by atoms with Gasteiger partial charge in [-0.2, -0.15) is 0 Å². The van der Waals surface area contributed by atoms with Crippen LogP contribution in [0.15, 0.2) is 35.2 Å². The highest BCUT2D eigenvalue weighted by atomic mass is 32.2. The molecule has 1 aliphatic carbocycles. The van der Waals surface area contributed by atoms with E-state index in [0.717, 1.165) is 10.4 Å². The molecule has 0 aromatic heterocycles. The molecule has 0 spiro atoms. The van der Waals surface area contributed by atoms with Crippen LogP contribution in [0.2, 0.25) is 18.1 Å². The number of hydrogen-bond acceptors (Lipinski definition) is 5. The Morgan fingerprint density at radius 1 is 1.05 bits per heavy atom. The van der Waals surface area contributed by atoms with Gasteiger partial charge in [0.1, 0.15) is 4.90 Å². The van der Waals surface area contributed by atoms with Gasteiger partial charge >= 0.3 is 6.03 Å². The van der Waals surface area contributed by atoms with E-state index in [4.69, 9.17) is 4.43 Å². The molecule has 13 heteroatoms. The summed E-state index contributed by atoms with van der Waals surface area (Å²) < 4.78 is 74.8. The highest BCUT2D eigenvalue weighted by Crippen LogP contribution is 2.41. The summed E-state index contributed by atoms with van der Waals surface area (Å²) in [5, 5.41) is 4.84. The predicted octanol–water partition coefficient (Wildman–Crippen LogP) is 6.23. The van der Waals surface area contributed by atoms with Crippen molar-refractivity contribution in [3.8, 4) is 0 Å². The second kappa shape index (κ2) is 10.2. The topological polar surface area (TPSA) is 105 Å². The number of amides is 3. The van der Waals surface area contributed by atoms with Gasteiger partial charge in [-0.15, -0.1) is 0 Å². The van der Waals surface area contributed by atoms with Crippen molar-refractivity contribution in [3.63, 3.8) is 0 Å². The van der Waals surface area contributed by atoms with Gasteiger partial charge in [-0.1, -0.05) is 20.8 Å². The highest BCUT2D eigenvalue weighted by Gasteiger charge is 2.44. The molecule has 0 unspecified atom stereocenters. The van der Waals surface area contributed by atoms with Crippen LogP contribution in [0.1, 0.15) is 56.8 Å². The van der Waals surface area contributed by atoms with Crippen molar-refractivity contribution in [2.45, 2.75) is 81.6 Å². The standard InChI is InChI=1S/C26H32F3N3O5SSi/c1-26(2,3)39(4,5)37-18-9-7-17(8-10-18)32-25(34)31-21-11-6-15(12-22(21)38(32,35)36)24(33)30-16-13-19(27)23(29)20(28)14-16/h6,11-14,17-18H,7-10H2,1-5H3,(H,30,33)(H,31,34). The Labute approximate surface area is 227 Å². The molecule has 2 N–H and O–H groups in total. The summed E-state index contributed by atoms with van der Waals surface area (Å²) >= 11 is 0. The van der Waals surface area contributed by atoms with E-state index < -0.39 is 53.8 Å². The minimum absolute atomic E-state index is 0.0126. The zero-order chi connectivity index (χ0) is 28.9. The van der Waals surface area contributed by atoms with E-state index in [2.05, 4.69) is 44.5 Å². The van der Waals surface area contributed by atoms with Gasteiger partial charge in [-0.3, -0.25) is 4.79 Å². The molecule has 1 heterocycles. The van der Waals surface area contributed by atoms with Gasteiger partial charge in [0.15, 0.2) is 25.8 Å². The maximum absolute atomic E-state index is 13.6. The summed E-state index contributed by atoms with van der Waals surface area (Å²) in [4.78, 5) is 25.4. The molecule has 1 fully saturated rings. The van der Waals surface area contributed by atoms with Gasteiger partial charge in [0.25, 0.3) is 15.9 Å². The molecule has 2 aromatic carbocycles. The van der Waals surface area contributed by atoms with Gasteiger partial charge in [0.05, 0.1) is 11.7 Å². The van der Waals surface area contributed by atoms with Crippen molar-refractivity contribution >= 4 is 41.7 Å². The number of rotatable bonds is 5. The molecular weight excluding hydrogens is 551 g/mol. The molecule has 39 heavy (non-hydrogen) atoms. The molecule has 2 aromatic rings. The summed E-state index contributed by atoms with van der Waals surface area (Å²) in [5.41, 5.74) is -0.463. The summed E-state index contributed by atoms with van der Waals surface area (Å²) in [7, 11) is -6.32. The number of urea groups is 1. The average Bonchev–Trinajstić information content (AvgIpc) is 2.82. The summed E-state index contributed by atoms with van der Waals surface area (Å²) in [6, 6.07) is 3.49. The Hall–Kier alpha value is -2.90. The lowest BCUT2D eigenvalue weighted by Crippen LogP contribution is -2.52. The highest BCUT2D eigenvalue weighted by molar-refractivity contribution is 7.90. The van der Waals surface area contributed by atoms with Crippen LogP contribution in [0.3, 0.4) is 0 Å². The molecule has 8 nitrogen and oxygen atoms in total. The number of carbonyl (C=O) groups is 2. The van der Waals surface area contributed by atoms with Gasteiger partial charge < -0.3 is 15.1 Å². The number of halogens is 3. The smallest absolute Gasteiger partial charge is 0.336 e. The zero-order valence-corrected chi connectivity index (χ0v) is 24.2. The summed E-state index contributed by atoms with van der Waals surface area (Å²) in [5.74, 6) is -5.52. The maximum atomic E-state index is 13.6. The molecule has 1 saturated carbocycles. The first kappa shape index (κ1) is 29.1. The van der Waals surface area contributed by atoms with Gasteiger partial charge in [-0.25, -0.2) is 30.7 Å². The number of anilines is 2. The van der Waals surface area contributed by atoms with E-state index >= 15 is 0 Å². The van der Waals surface area contributed by atoms with Crippen LogP contribution in [0, 0.1) is 17.5 Å². The second-order valence-electron chi connectivity index (χ2n) is 11.5. The van der Waals surface area contributed by atoms with Gasteiger partial charge in [0.2, 0.25) is 0 Å². The van der Waals surface area contributed by atoms with Crippen LogP contribution in [0.5, 0.6) is 0 Å². The molecule has 1 aliphatic heterocycles. The summed E-state index contributed by atoms with van der Waals surface area (Å²) in [6.07, 6.45) is 2.07. The molecule has 3 amide bonds. The fourth-order valence-electron chi connectivity index (χ4n) is 4.55. The SMILES string of the molecule is CC(C)(C)[Si](C)(C)OC1CCC(N2C(=O)Nc3ccc(C(=O)Nc4cc(F)c(F)c(F)c4)cc3S2(=O)=O)CC1. The first-order valence-electron chi connectivity index (χ1n) is 12.6. The van der Waals surface area contributed by atoms with E-state index in [1.807, 2.05) is 0 Å². The van der Waals surface area contributed by atoms with Crippen LogP contribution in [-0.4, -0.2) is 45.1 Å². The van der Waals surface area contributed by atoms with Crippen LogP contribution < -0.4 is 10.6 Å². The summed E-state index contributed by atoms with van der Waals surface area (Å²) in [6.45, 7) is 10.8. The first-order valence-corrected chi connectivity index (χ1v) is 17.0. The monoisotopic (exact) mass is 583 g/mol. The van der Waals surface area contributed by atoms with E-state index in [1.165, 1.54) is 12.1 Å². The quantitative estimate of drug-likeness (QED) is 0.321. The lowest BCUT2D eigenvalue weighted by Gasteiger charge is -2.43. The van der Waals surface area contributed by atoms with Crippen molar-refractivity contribution in [2.24, 2.45) is 0 Å². The second-order valence-corrected chi connectivity index (χ2v) is 18.0. The van der Waals surface area contributed by atoms with Crippen LogP contribution in [-0.2, 0) is 14.4 Å². The molecule has 0 bridgehead atoms. The van der Waals surface area contributed by atoms with Crippen molar-refractivity contribution in [1.29, 1.82) is 0 Å². The van der Waals surface area contributed by atoms with Gasteiger partial charge in [0, 0.05) is 29.5 Å². The number of nitrogens with zero attached hydrogens (tertiary/aromatic N) is 1. The molecule has 0 radical (unpaired) electrons. The molecule has 212 valence electrons. The third-order valence-corrected chi connectivity index (χ3v) is 14.1. The largest absolute Gasteiger partial charge is 0.414 e. The Bertz CT molecular complexity index is 1400. The van der Waals surface area contributed by atoms with Crippen molar-refractivity contribution < 1.29 is 35.6 Å². The lowest BCUT2D eigenvalue weighted by molar-refractivity contribution is 0.102. The fraction of sp³-hybridized carbons (Fsp3) is 0.462. The Kier molecular flexibility index (Phi) is 7.64. The number of fused-ring (bicyclic) bond motifs is 1. The molecule has 0 atom stereocenters. The van der Waals surface area contributed by atoms with Crippen LogP contribution in [0.25, 0.3) is 0 Å². The molecular formula is C26H32F3N3O5SSi. The number of nitrogens with one attached hydrogen (secondary N) is 2. The third-order valence-electron chi connectivity index (χ3n) is 7.71. The minimum atomic E-state index is -4.32. The Morgan fingerprint density at radius 3 is 2.21 bits per heavy atom. The first-order chi connectivity index (χ1) is 18.0. The number of benzene rings is 2. The van der Waals surface area contributed by atoms with E-state index in [0.29, 0.717) is 37.8 Å². The van der Waals surface area contributed by atoms with Crippen molar-refractivity contribution in [3.05, 3.63) is 53.3 Å². The normalized spacial score (nSPS) is 21.2. The van der Waals surface area contributed by atoms with E-state index in [9.17, 15) is 31.2 Å². The average molecular weight is 584 g/mol. The fourth-order valence-corrected chi connectivity index (χ4v) is 7.72. The number of hydrogen-bond donors (Lipinski definition) is 2. The Morgan fingerprint density at radius 2 is 1.64 bits per heavy atom. The van der Waals surface area contributed by atoms with Crippen molar-refractivity contribution in [2.75, 3.05) is 10.6 Å². The van der Waals surface area contributed by atoms with Gasteiger partial charge in [-0.05, 0) is 62.0 Å². The van der Waals surface area contributed by atoms with Crippen molar-refractivity contribution in [1.82, 2.24) is 4.31 Å². The lowest BCUT2D eigenvalue weighted by atomic mass is 9.93. The molecule has 2 aliphatic rings. The predicted molar refractivity (Wildman–Crippen MR) is 143 cm³/mol. The van der Waals surface area contributed by atoms with E-state index in [-0.39, 0.29) is 33.0 Å². The molecule has 0 saturated heterocycles. The number of carbonyl (C=O) groups excluding carboxylic acids is 2. The third kappa shape index (κ3) is 5.70. The molecule has 4 rings (SSSR count). The van der Waals surface area contributed by atoms with Crippen LogP contribution >= 0.6 is 0 Å². The van der Waals surface area contributed by atoms with Crippen LogP contribution in [0.4, 0.5) is 29.3 Å². The zero-order valence-electron chi connectivity index (χ0n) is 22.4. The van der Waals surface area contributed by atoms with E-state index in [1.54, 1.807) is 0 Å². The number of sulfonamides is 1. The minimum Gasteiger partial charge on any atom is -0.414 e. The maximum Gasteiger partial charge on any atom is 0.336 e.